The van der Waals surface area contributed by atoms with Crippen LogP contribution in [0.4, 0.5) is 0 Å². The lowest BCUT2D eigenvalue weighted by atomic mass is 9.81. The van der Waals surface area contributed by atoms with E-state index < -0.39 is 0 Å². The van der Waals surface area contributed by atoms with Crippen molar-refractivity contribution in [3.05, 3.63) is 34.9 Å². The number of likely N-dealkylation sites (tertiary alicyclic amines) is 1. The number of carbonyl (C=O) groups is 2. The van der Waals surface area contributed by atoms with Gasteiger partial charge in [0.15, 0.2) is 5.78 Å². The monoisotopic (exact) mass is 357 g/mol. The third-order valence-corrected chi connectivity index (χ3v) is 6.29. The lowest BCUT2D eigenvalue weighted by molar-refractivity contribution is -0.179. The van der Waals surface area contributed by atoms with Crippen molar-refractivity contribution in [2.24, 2.45) is 0 Å². The van der Waals surface area contributed by atoms with Gasteiger partial charge in [0, 0.05) is 37.1 Å². The number of carbonyl (C=O) groups excluding carboxylic acids is 2. The fourth-order valence-electron chi connectivity index (χ4n) is 4.82. The molecule has 2 atom stereocenters. The van der Waals surface area contributed by atoms with Gasteiger partial charge in [0.1, 0.15) is 0 Å². The molecule has 0 saturated carbocycles. The Morgan fingerprint density at radius 1 is 1.31 bits per heavy atom. The molecule has 1 spiro atoms. The van der Waals surface area contributed by atoms with Gasteiger partial charge >= 0.3 is 0 Å². The standard InChI is InChI=1S/C21H27NO4/c1-2-15-12-14(23)13-21(26-15)8-10-22(11-9-21)20(25)18-5-3-4-17-16(18)6-7-19(17)24/h3-5,14-15,23H,2,6-13H2,1H3/t14-,15+/m1/s1. The van der Waals surface area contributed by atoms with Crippen molar-refractivity contribution >= 4 is 11.7 Å². The molecule has 2 aliphatic heterocycles. The highest BCUT2D eigenvalue weighted by molar-refractivity contribution is 6.05. The molecule has 140 valence electrons. The summed E-state index contributed by atoms with van der Waals surface area (Å²) in [4.78, 5) is 26.9. The van der Waals surface area contributed by atoms with Crippen LogP contribution in [-0.2, 0) is 11.2 Å². The van der Waals surface area contributed by atoms with Crippen LogP contribution < -0.4 is 0 Å². The number of hydrogen-bond acceptors (Lipinski definition) is 4. The summed E-state index contributed by atoms with van der Waals surface area (Å²) in [5.41, 5.74) is 2.02. The molecule has 1 aromatic carbocycles. The first kappa shape index (κ1) is 17.7. The van der Waals surface area contributed by atoms with Crippen molar-refractivity contribution in [3.8, 4) is 0 Å². The summed E-state index contributed by atoms with van der Waals surface area (Å²) in [6.07, 6.45) is 4.80. The Balaban J connectivity index is 1.47. The van der Waals surface area contributed by atoms with Crippen LogP contribution in [0.1, 0.15) is 71.7 Å². The van der Waals surface area contributed by atoms with Gasteiger partial charge in [-0.1, -0.05) is 19.1 Å². The minimum absolute atomic E-state index is 0.0230. The quantitative estimate of drug-likeness (QED) is 0.884. The topological polar surface area (TPSA) is 66.8 Å². The Kier molecular flexibility index (Phi) is 4.61. The average molecular weight is 357 g/mol. The van der Waals surface area contributed by atoms with Gasteiger partial charge in [0.2, 0.25) is 0 Å². The van der Waals surface area contributed by atoms with Crippen molar-refractivity contribution in [2.45, 2.75) is 69.7 Å². The van der Waals surface area contributed by atoms with Crippen molar-refractivity contribution in [3.63, 3.8) is 0 Å². The summed E-state index contributed by atoms with van der Waals surface area (Å²) >= 11 is 0. The molecule has 0 aromatic heterocycles. The number of hydrogen-bond donors (Lipinski definition) is 1. The van der Waals surface area contributed by atoms with Crippen LogP contribution in [0.3, 0.4) is 0 Å². The third-order valence-electron chi connectivity index (χ3n) is 6.29. The van der Waals surface area contributed by atoms with Gasteiger partial charge < -0.3 is 14.7 Å². The zero-order valence-corrected chi connectivity index (χ0v) is 15.4. The molecule has 4 rings (SSSR count). The van der Waals surface area contributed by atoms with Crippen molar-refractivity contribution in [2.75, 3.05) is 13.1 Å². The van der Waals surface area contributed by atoms with Crippen LogP contribution in [0.2, 0.25) is 0 Å². The number of rotatable bonds is 2. The van der Waals surface area contributed by atoms with Crippen LogP contribution in [-0.4, -0.2) is 52.6 Å². The zero-order chi connectivity index (χ0) is 18.3. The molecule has 2 saturated heterocycles. The fraction of sp³-hybridized carbons (Fsp3) is 0.619. The molecule has 0 radical (unpaired) electrons. The number of fused-ring (bicyclic) bond motifs is 1. The van der Waals surface area contributed by atoms with E-state index in [-0.39, 0.29) is 29.5 Å². The number of aliphatic hydroxyl groups excluding tert-OH is 1. The number of aliphatic hydroxyl groups is 1. The minimum atomic E-state index is -0.306. The second-order valence-electron chi connectivity index (χ2n) is 7.97. The van der Waals surface area contributed by atoms with E-state index in [2.05, 4.69) is 6.92 Å². The molecule has 2 heterocycles. The predicted molar refractivity (Wildman–Crippen MR) is 97.4 cm³/mol. The fourth-order valence-corrected chi connectivity index (χ4v) is 4.82. The van der Waals surface area contributed by atoms with Crippen molar-refractivity contribution in [1.29, 1.82) is 0 Å². The maximum Gasteiger partial charge on any atom is 0.254 e. The molecular weight excluding hydrogens is 330 g/mol. The minimum Gasteiger partial charge on any atom is -0.393 e. The highest BCUT2D eigenvalue weighted by atomic mass is 16.5. The summed E-state index contributed by atoms with van der Waals surface area (Å²) in [6.45, 7) is 3.37. The van der Waals surface area contributed by atoms with Crippen LogP contribution in [0.25, 0.3) is 0 Å². The Hall–Kier alpha value is -1.72. The van der Waals surface area contributed by atoms with Crippen LogP contribution >= 0.6 is 0 Å². The Bertz CT molecular complexity index is 721. The van der Waals surface area contributed by atoms with Gasteiger partial charge in [-0.15, -0.1) is 0 Å². The number of amides is 1. The summed E-state index contributed by atoms with van der Waals surface area (Å²) in [6, 6.07) is 5.49. The molecule has 3 aliphatic rings. The van der Waals surface area contributed by atoms with E-state index in [0.717, 1.165) is 24.8 Å². The Morgan fingerprint density at radius 3 is 2.81 bits per heavy atom. The molecular formula is C21H27NO4. The SMILES string of the molecule is CC[C@H]1C[C@@H](O)CC2(CCN(C(=O)c3cccc4c3CCC4=O)CC2)O1. The van der Waals surface area contributed by atoms with E-state index in [4.69, 9.17) is 4.74 Å². The van der Waals surface area contributed by atoms with Crippen molar-refractivity contribution in [1.82, 2.24) is 4.90 Å². The molecule has 26 heavy (non-hydrogen) atoms. The summed E-state index contributed by atoms with van der Waals surface area (Å²) < 4.78 is 6.31. The van der Waals surface area contributed by atoms with E-state index in [0.29, 0.717) is 49.9 Å². The van der Waals surface area contributed by atoms with Gasteiger partial charge in [-0.2, -0.15) is 0 Å². The Morgan fingerprint density at radius 2 is 2.08 bits per heavy atom. The molecule has 5 heteroatoms. The molecule has 5 nitrogen and oxygen atoms in total. The molecule has 1 aliphatic carbocycles. The molecule has 1 amide bonds. The van der Waals surface area contributed by atoms with Gasteiger partial charge in [-0.25, -0.2) is 0 Å². The van der Waals surface area contributed by atoms with E-state index in [1.165, 1.54) is 0 Å². The molecule has 1 N–H and O–H groups in total. The maximum absolute atomic E-state index is 13.0. The van der Waals surface area contributed by atoms with Gasteiger partial charge in [0.05, 0.1) is 17.8 Å². The summed E-state index contributed by atoms with van der Waals surface area (Å²) in [7, 11) is 0. The zero-order valence-electron chi connectivity index (χ0n) is 15.4. The second-order valence-corrected chi connectivity index (χ2v) is 7.97. The number of ketones is 1. The molecule has 0 bridgehead atoms. The maximum atomic E-state index is 13.0. The van der Waals surface area contributed by atoms with E-state index in [1.54, 1.807) is 0 Å². The highest BCUT2D eigenvalue weighted by Gasteiger charge is 2.43. The van der Waals surface area contributed by atoms with Crippen molar-refractivity contribution < 1.29 is 19.4 Å². The van der Waals surface area contributed by atoms with E-state index in [9.17, 15) is 14.7 Å². The predicted octanol–water partition coefficient (Wildman–Crippen LogP) is 2.74. The van der Waals surface area contributed by atoms with Crippen LogP contribution in [0.15, 0.2) is 18.2 Å². The number of ether oxygens (including phenoxy) is 1. The number of Topliss-reactive ketones (excluding diaryl/α,β-unsaturated/α-hetero) is 1. The number of piperidine rings is 1. The average Bonchev–Trinajstić information content (AvgIpc) is 3.02. The smallest absolute Gasteiger partial charge is 0.254 e. The molecule has 0 unspecified atom stereocenters. The van der Waals surface area contributed by atoms with E-state index >= 15 is 0 Å². The van der Waals surface area contributed by atoms with E-state index in [1.807, 2.05) is 23.1 Å². The lowest BCUT2D eigenvalue weighted by Gasteiger charge is -2.48. The number of nitrogens with zero attached hydrogens (tertiary/aromatic N) is 1. The molecule has 2 fully saturated rings. The van der Waals surface area contributed by atoms with Crippen LogP contribution in [0.5, 0.6) is 0 Å². The summed E-state index contributed by atoms with van der Waals surface area (Å²) in [5.74, 6) is 0.164. The van der Waals surface area contributed by atoms with Gasteiger partial charge in [-0.3, -0.25) is 9.59 Å². The largest absolute Gasteiger partial charge is 0.393 e. The Labute approximate surface area is 154 Å². The van der Waals surface area contributed by atoms with Crippen LogP contribution in [0, 0.1) is 0 Å². The molecule has 1 aromatic rings. The van der Waals surface area contributed by atoms with Gasteiger partial charge in [-0.05, 0) is 43.7 Å². The second kappa shape index (κ2) is 6.78. The first-order valence-electron chi connectivity index (χ1n) is 9.81. The number of benzene rings is 1. The van der Waals surface area contributed by atoms with Gasteiger partial charge in [0.25, 0.3) is 5.91 Å². The third kappa shape index (κ3) is 3.08. The first-order valence-corrected chi connectivity index (χ1v) is 9.81. The highest BCUT2D eigenvalue weighted by Crippen LogP contribution is 2.39. The lowest BCUT2D eigenvalue weighted by Crippen LogP contribution is -2.53. The first-order chi connectivity index (χ1) is 12.5. The normalized spacial score (nSPS) is 27.6. The summed E-state index contributed by atoms with van der Waals surface area (Å²) in [5, 5.41) is 10.2.